The molecule has 19 heavy (non-hydrogen) atoms. The van der Waals surface area contributed by atoms with E-state index < -0.39 is 0 Å². The van der Waals surface area contributed by atoms with Crippen LogP contribution in [0.4, 0.5) is 0 Å². The van der Waals surface area contributed by atoms with Crippen LogP contribution in [-0.4, -0.2) is 27.6 Å². The Morgan fingerprint density at radius 1 is 1.47 bits per heavy atom. The molecule has 1 aliphatic rings. The number of rotatable bonds is 6. The summed E-state index contributed by atoms with van der Waals surface area (Å²) >= 11 is 0. The molecule has 1 amide bonds. The lowest BCUT2D eigenvalue weighted by Crippen LogP contribution is -2.27. The SMILES string of the molecule is CCn1nccc1CN(C)C(=O)CCC1CCCC1. The number of nitrogens with zero attached hydrogens (tertiary/aromatic N) is 3. The molecule has 1 fully saturated rings. The maximum Gasteiger partial charge on any atom is 0.222 e. The van der Waals surface area contributed by atoms with Crippen LogP contribution in [0.15, 0.2) is 12.3 Å². The van der Waals surface area contributed by atoms with Crippen molar-refractivity contribution in [1.29, 1.82) is 0 Å². The maximum absolute atomic E-state index is 12.1. The average molecular weight is 263 g/mol. The quantitative estimate of drug-likeness (QED) is 0.791. The molecule has 0 unspecified atom stereocenters. The molecule has 1 aliphatic carbocycles. The normalized spacial score (nSPS) is 15.9. The molecule has 0 atom stereocenters. The van der Waals surface area contributed by atoms with Gasteiger partial charge in [0.2, 0.25) is 5.91 Å². The lowest BCUT2D eigenvalue weighted by molar-refractivity contribution is -0.130. The van der Waals surface area contributed by atoms with E-state index >= 15 is 0 Å². The molecule has 0 N–H and O–H groups in total. The number of amides is 1. The second-order valence-electron chi connectivity index (χ2n) is 5.58. The van der Waals surface area contributed by atoms with E-state index in [1.807, 2.05) is 22.7 Å². The Morgan fingerprint density at radius 2 is 2.21 bits per heavy atom. The summed E-state index contributed by atoms with van der Waals surface area (Å²) in [6.07, 6.45) is 8.90. The topological polar surface area (TPSA) is 38.1 Å². The van der Waals surface area contributed by atoms with Gasteiger partial charge in [0, 0.05) is 26.2 Å². The molecule has 1 aromatic heterocycles. The first-order valence-electron chi connectivity index (χ1n) is 7.45. The fourth-order valence-corrected chi connectivity index (χ4v) is 2.93. The molecular formula is C15H25N3O. The van der Waals surface area contributed by atoms with Crippen LogP contribution in [0.2, 0.25) is 0 Å². The Labute approximate surface area is 115 Å². The molecule has 2 rings (SSSR count). The third-order valence-corrected chi connectivity index (χ3v) is 4.17. The van der Waals surface area contributed by atoms with Gasteiger partial charge < -0.3 is 4.90 Å². The predicted molar refractivity (Wildman–Crippen MR) is 75.6 cm³/mol. The summed E-state index contributed by atoms with van der Waals surface area (Å²) in [6, 6.07) is 1.99. The maximum atomic E-state index is 12.1. The van der Waals surface area contributed by atoms with Crippen LogP contribution in [0.5, 0.6) is 0 Å². The van der Waals surface area contributed by atoms with Crippen LogP contribution < -0.4 is 0 Å². The molecule has 0 radical (unpaired) electrons. The third-order valence-electron chi connectivity index (χ3n) is 4.17. The molecular weight excluding hydrogens is 238 g/mol. The molecule has 4 heteroatoms. The van der Waals surface area contributed by atoms with E-state index in [1.54, 1.807) is 6.20 Å². The largest absolute Gasteiger partial charge is 0.340 e. The summed E-state index contributed by atoms with van der Waals surface area (Å²) in [4.78, 5) is 14.0. The lowest BCUT2D eigenvalue weighted by atomic mass is 10.0. The Morgan fingerprint density at radius 3 is 2.89 bits per heavy atom. The van der Waals surface area contributed by atoms with Gasteiger partial charge in [-0.25, -0.2) is 0 Å². The van der Waals surface area contributed by atoms with Gasteiger partial charge in [0.05, 0.1) is 12.2 Å². The van der Waals surface area contributed by atoms with E-state index in [9.17, 15) is 4.79 Å². The summed E-state index contributed by atoms with van der Waals surface area (Å²) in [5.41, 5.74) is 1.11. The number of aromatic nitrogens is 2. The molecule has 0 bridgehead atoms. The highest BCUT2D eigenvalue weighted by Crippen LogP contribution is 2.28. The molecule has 0 saturated heterocycles. The van der Waals surface area contributed by atoms with Crippen LogP contribution in [0.1, 0.15) is 51.1 Å². The van der Waals surface area contributed by atoms with Crippen LogP contribution in [0, 0.1) is 5.92 Å². The minimum Gasteiger partial charge on any atom is -0.340 e. The zero-order valence-corrected chi connectivity index (χ0v) is 12.1. The van der Waals surface area contributed by atoms with Gasteiger partial charge >= 0.3 is 0 Å². The highest BCUT2D eigenvalue weighted by atomic mass is 16.2. The van der Waals surface area contributed by atoms with Gasteiger partial charge in [-0.3, -0.25) is 9.48 Å². The first-order valence-corrected chi connectivity index (χ1v) is 7.45. The third kappa shape index (κ3) is 3.82. The summed E-state index contributed by atoms with van der Waals surface area (Å²) in [7, 11) is 1.89. The van der Waals surface area contributed by atoms with Gasteiger partial charge in [0.25, 0.3) is 0 Å². The Kier molecular flexibility index (Phi) is 5.00. The first-order chi connectivity index (χ1) is 9.20. The van der Waals surface area contributed by atoms with Crippen molar-refractivity contribution in [2.24, 2.45) is 5.92 Å². The van der Waals surface area contributed by atoms with E-state index in [4.69, 9.17) is 0 Å². The molecule has 0 spiro atoms. The van der Waals surface area contributed by atoms with E-state index in [1.165, 1.54) is 25.7 Å². The van der Waals surface area contributed by atoms with Gasteiger partial charge in [-0.2, -0.15) is 5.10 Å². The summed E-state index contributed by atoms with van der Waals surface area (Å²) in [5, 5.41) is 4.23. The molecule has 0 aliphatic heterocycles. The fourth-order valence-electron chi connectivity index (χ4n) is 2.93. The van der Waals surface area contributed by atoms with Crippen LogP contribution in [0.3, 0.4) is 0 Å². The van der Waals surface area contributed by atoms with E-state index in [-0.39, 0.29) is 5.91 Å². The molecule has 1 saturated carbocycles. The molecule has 4 nitrogen and oxygen atoms in total. The summed E-state index contributed by atoms with van der Waals surface area (Å²) in [6.45, 7) is 3.59. The van der Waals surface area contributed by atoms with Crippen LogP contribution >= 0.6 is 0 Å². The van der Waals surface area contributed by atoms with Crippen molar-refractivity contribution in [3.63, 3.8) is 0 Å². The molecule has 1 heterocycles. The number of hydrogen-bond donors (Lipinski definition) is 0. The van der Waals surface area contributed by atoms with Gasteiger partial charge in [-0.15, -0.1) is 0 Å². The van der Waals surface area contributed by atoms with E-state index in [0.717, 1.165) is 24.6 Å². The van der Waals surface area contributed by atoms with Crippen molar-refractivity contribution in [2.75, 3.05) is 7.05 Å². The molecule has 1 aromatic rings. The van der Waals surface area contributed by atoms with Gasteiger partial charge in [0.15, 0.2) is 0 Å². The monoisotopic (exact) mass is 263 g/mol. The van der Waals surface area contributed by atoms with Crippen LogP contribution in [-0.2, 0) is 17.9 Å². The summed E-state index contributed by atoms with van der Waals surface area (Å²) in [5.74, 6) is 1.05. The van der Waals surface area contributed by atoms with E-state index in [2.05, 4.69) is 12.0 Å². The lowest BCUT2D eigenvalue weighted by Gasteiger charge is -2.18. The number of aryl methyl sites for hydroxylation is 1. The molecule has 0 aromatic carbocycles. The highest BCUT2D eigenvalue weighted by Gasteiger charge is 2.18. The van der Waals surface area contributed by atoms with Crippen molar-refractivity contribution in [3.05, 3.63) is 18.0 Å². The first kappa shape index (κ1) is 14.1. The Hall–Kier alpha value is -1.32. The smallest absolute Gasteiger partial charge is 0.222 e. The van der Waals surface area contributed by atoms with Gasteiger partial charge in [-0.1, -0.05) is 25.7 Å². The highest BCUT2D eigenvalue weighted by molar-refractivity contribution is 5.75. The predicted octanol–water partition coefficient (Wildman–Crippen LogP) is 2.83. The van der Waals surface area contributed by atoms with E-state index in [0.29, 0.717) is 13.0 Å². The minimum absolute atomic E-state index is 0.260. The number of hydrogen-bond acceptors (Lipinski definition) is 2. The van der Waals surface area contributed by atoms with Gasteiger partial charge in [0.1, 0.15) is 0 Å². The summed E-state index contributed by atoms with van der Waals surface area (Å²) < 4.78 is 1.95. The van der Waals surface area contributed by atoms with Gasteiger partial charge in [-0.05, 0) is 25.3 Å². The number of carbonyl (C=O) groups is 1. The molecule has 106 valence electrons. The van der Waals surface area contributed by atoms with Crippen molar-refractivity contribution in [1.82, 2.24) is 14.7 Å². The second kappa shape index (κ2) is 6.73. The average Bonchev–Trinajstić information content (AvgIpc) is 3.06. The fraction of sp³-hybridized carbons (Fsp3) is 0.733. The Bertz CT molecular complexity index is 407. The second-order valence-corrected chi connectivity index (χ2v) is 5.58. The zero-order chi connectivity index (χ0) is 13.7. The minimum atomic E-state index is 0.260. The number of carbonyl (C=O) groups excluding carboxylic acids is 1. The standard InChI is InChI=1S/C15H25N3O/c1-3-18-14(10-11-16-18)12-17(2)15(19)9-8-13-6-4-5-7-13/h10-11,13H,3-9,12H2,1-2H3. The van der Waals surface area contributed by atoms with Crippen molar-refractivity contribution >= 4 is 5.91 Å². The van der Waals surface area contributed by atoms with Crippen molar-refractivity contribution in [2.45, 2.75) is 58.5 Å². The van der Waals surface area contributed by atoms with Crippen molar-refractivity contribution in [3.8, 4) is 0 Å². The van der Waals surface area contributed by atoms with Crippen molar-refractivity contribution < 1.29 is 4.79 Å². The Balaban J connectivity index is 1.78. The zero-order valence-electron chi connectivity index (χ0n) is 12.1. The van der Waals surface area contributed by atoms with Crippen LogP contribution in [0.25, 0.3) is 0 Å².